The van der Waals surface area contributed by atoms with Gasteiger partial charge in [0.1, 0.15) is 22.5 Å². The van der Waals surface area contributed by atoms with Gasteiger partial charge in [0.05, 0.1) is 5.56 Å². The molecule has 5 nitrogen and oxygen atoms in total. The fraction of sp³-hybridized carbons (Fsp3) is 0.500. The third kappa shape index (κ3) is 5.23. The van der Waals surface area contributed by atoms with Crippen LogP contribution in [0.25, 0.3) is 16.7 Å². The highest BCUT2D eigenvalue weighted by atomic mass is 19.4. The first-order valence-corrected chi connectivity index (χ1v) is 10.6. The van der Waals surface area contributed by atoms with Crippen LogP contribution in [0.15, 0.2) is 30.3 Å². The summed E-state index contributed by atoms with van der Waals surface area (Å²) >= 11 is 0. The van der Waals surface area contributed by atoms with Gasteiger partial charge in [-0.3, -0.25) is 0 Å². The smallest absolute Gasteiger partial charge is 0.416 e. The molecule has 1 aromatic heterocycles. The molecule has 0 spiro atoms. The summed E-state index contributed by atoms with van der Waals surface area (Å²) < 4.78 is 39.3. The van der Waals surface area contributed by atoms with Gasteiger partial charge in [-0.1, -0.05) is 40.7 Å². The van der Waals surface area contributed by atoms with E-state index in [1.165, 1.54) is 10.9 Å². The molecule has 32 heavy (non-hydrogen) atoms. The van der Waals surface area contributed by atoms with Crippen molar-refractivity contribution in [2.24, 2.45) is 5.41 Å². The number of phenolic OH excluding ortho intramolecular Hbond substituents is 1. The minimum Gasteiger partial charge on any atom is -0.505 e. The largest absolute Gasteiger partial charge is 0.505 e. The number of hydrogen-bond donors (Lipinski definition) is 2. The van der Waals surface area contributed by atoms with Crippen molar-refractivity contribution < 1.29 is 23.4 Å². The zero-order chi connectivity index (χ0) is 23.9. The molecule has 0 fully saturated rings. The zero-order valence-electron chi connectivity index (χ0n) is 19.1. The maximum atomic E-state index is 13.1. The number of aliphatic hydroxyl groups excluding tert-OH is 1. The first-order chi connectivity index (χ1) is 14.7. The molecule has 0 bridgehead atoms. The second-order valence-corrected chi connectivity index (χ2v) is 10.1. The van der Waals surface area contributed by atoms with Crippen LogP contribution in [-0.2, 0) is 18.0 Å². The van der Waals surface area contributed by atoms with Crippen LogP contribution >= 0.6 is 0 Å². The van der Waals surface area contributed by atoms with Gasteiger partial charge in [-0.05, 0) is 65.5 Å². The molecule has 3 rings (SSSR count). The van der Waals surface area contributed by atoms with Crippen LogP contribution in [0.3, 0.4) is 0 Å². The van der Waals surface area contributed by atoms with Crippen molar-refractivity contribution in [3.63, 3.8) is 0 Å². The monoisotopic (exact) mass is 449 g/mol. The Morgan fingerprint density at radius 1 is 0.906 bits per heavy atom. The van der Waals surface area contributed by atoms with Gasteiger partial charge in [-0.15, -0.1) is 15.0 Å². The number of rotatable bonds is 6. The van der Waals surface area contributed by atoms with Crippen LogP contribution in [0.1, 0.15) is 64.2 Å². The van der Waals surface area contributed by atoms with Crippen LogP contribution < -0.4 is 0 Å². The number of aromatic hydroxyl groups is 1. The van der Waals surface area contributed by atoms with Gasteiger partial charge in [0, 0.05) is 6.61 Å². The van der Waals surface area contributed by atoms with Gasteiger partial charge < -0.3 is 10.2 Å². The van der Waals surface area contributed by atoms with E-state index in [9.17, 15) is 23.4 Å². The molecule has 0 unspecified atom stereocenters. The number of nitrogens with zero attached hydrogens (tertiary/aromatic N) is 3. The Morgan fingerprint density at radius 2 is 1.56 bits per heavy atom. The molecule has 0 radical (unpaired) electrons. The van der Waals surface area contributed by atoms with Crippen molar-refractivity contribution in [3.8, 4) is 11.4 Å². The zero-order valence-corrected chi connectivity index (χ0v) is 19.1. The molecule has 2 N–H and O–H groups in total. The SMILES string of the molecule is CC(C)(C)CC(C)(C)c1cc(CCCO)c(O)c(-n2nc3ccc(C(F)(F)F)cc3n2)c1. The van der Waals surface area contributed by atoms with Gasteiger partial charge in [0.15, 0.2) is 0 Å². The second kappa shape index (κ2) is 8.39. The Morgan fingerprint density at radius 3 is 2.16 bits per heavy atom. The lowest BCUT2D eigenvalue weighted by Crippen LogP contribution is -2.25. The molecule has 0 saturated heterocycles. The summed E-state index contributed by atoms with van der Waals surface area (Å²) in [6, 6.07) is 6.93. The minimum atomic E-state index is -4.48. The Balaban J connectivity index is 2.16. The van der Waals surface area contributed by atoms with E-state index in [1.54, 1.807) is 6.07 Å². The Kier molecular flexibility index (Phi) is 6.30. The van der Waals surface area contributed by atoms with Crippen LogP contribution in [0.2, 0.25) is 0 Å². The van der Waals surface area contributed by atoms with Crippen molar-refractivity contribution in [1.29, 1.82) is 0 Å². The third-order valence-electron chi connectivity index (χ3n) is 5.45. The Hall–Kier alpha value is -2.61. The predicted octanol–water partition coefficient (Wildman–Crippen LogP) is 5.78. The van der Waals surface area contributed by atoms with Crippen molar-refractivity contribution in [3.05, 3.63) is 47.0 Å². The molecule has 0 amide bonds. The summed E-state index contributed by atoms with van der Waals surface area (Å²) in [6.45, 7) is 10.7. The molecule has 2 aromatic carbocycles. The molecule has 0 atom stereocenters. The van der Waals surface area contributed by atoms with Crippen LogP contribution in [-0.4, -0.2) is 31.8 Å². The number of phenols is 1. The molecular formula is C24H30F3N3O2. The lowest BCUT2D eigenvalue weighted by Gasteiger charge is -2.33. The van der Waals surface area contributed by atoms with E-state index in [0.717, 1.165) is 24.1 Å². The normalized spacial score (nSPS) is 13.2. The van der Waals surface area contributed by atoms with Gasteiger partial charge in [-0.25, -0.2) is 0 Å². The van der Waals surface area contributed by atoms with Gasteiger partial charge in [-0.2, -0.15) is 13.2 Å². The minimum absolute atomic E-state index is 0.0193. The number of aryl methyl sites for hydroxylation is 1. The van der Waals surface area contributed by atoms with E-state index in [-0.39, 0.29) is 28.7 Å². The summed E-state index contributed by atoms with van der Waals surface area (Å²) in [5.41, 5.74) is 1.32. The van der Waals surface area contributed by atoms with Gasteiger partial charge in [0.2, 0.25) is 0 Å². The second-order valence-electron chi connectivity index (χ2n) is 10.1. The number of halogens is 3. The fourth-order valence-corrected chi connectivity index (χ4v) is 4.31. The quantitative estimate of drug-likeness (QED) is 0.500. The molecule has 0 aliphatic carbocycles. The van der Waals surface area contributed by atoms with E-state index < -0.39 is 11.7 Å². The first kappa shape index (κ1) is 24.0. The Bertz CT molecular complexity index is 1110. The van der Waals surface area contributed by atoms with E-state index in [4.69, 9.17) is 0 Å². The molecule has 0 aliphatic rings. The van der Waals surface area contributed by atoms with Gasteiger partial charge in [0.25, 0.3) is 0 Å². The lowest BCUT2D eigenvalue weighted by atomic mass is 9.72. The van der Waals surface area contributed by atoms with Crippen molar-refractivity contribution >= 4 is 11.0 Å². The summed E-state index contributed by atoms with van der Waals surface area (Å²) in [7, 11) is 0. The van der Waals surface area contributed by atoms with E-state index in [1.807, 2.05) is 6.07 Å². The van der Waals surface area contributed by atoms with Crippen LogP contribution in [0.4, 0.5) is 13.2 Å². The maximum absolute atomic E-state index is 13.1. The number of aliphatic hydroxyl groups is 1. The van der Waals surface area contributed by atoms with E-state index in [0.29, 0.717) is 29.6 Å². The molecule has 3 aromatic rings. The number of alkyl halides is 3. The number of hydrogen-bond acceptors (Lipinski definition) is 4. The first-order valence-electron chi connectivity index (χ1n) is 10.6. The van der Waals surface area contributed by atoms with Crippen LogP contribution in [0, 0.1) is 5.41 Å². The van der Waals surface area contributed by atoms with Crippen molar-refractivity contribution in [1.82, 2.24) is 15.0 Å². The summed E-state index contributed by atoms with van der Waals surface area (Å²) in [6.07, 6.45) is -2.69. The van der Waals surface area contributed by atoms with Gasteiger partial charge >= 0.3 is 6.18 Å². The molecule has 0 saturated carbocycles. The van der Waals surface area contributed by atoms with Crippen LogP contribution in [0.5, 0.6) is 5.75 Å². The Labute approximate surface area is 185 Å². The topological polar surface area (TPSA) is 71.2 Å². The molecule has 0 aliphatic heterocycles. The number of aromatic nitrogens is 3. The van der Waals surface area contributed by atoms with Crippen molar-refractivity contribution in [2.75, 3.05) is 6.61 Å². The molecule has 1 heterocycles. The van der Waals surface area contributed by atoms with Crippen molar-refractivity contribution in [2.45, 2.75) is 65.5 Å². The highest BCUT2D eigenvalue weighted by molar-refractivity contribution is 5.75. The highest BCUT2D eigenvalue weighted by Crippen LogP contribution is 2.40. The third-order valence-corrected chi connectivity index (χ3v) is 5.45. The number of benzene rings is 2. The van der Waals surface area contributed by atoms with E-state index >= 15 is 0 Å². The standard InChI is InChI=1S/C24H30F3N3O2/c1-22(2,3)14-23(4,5)17-11-15(7-6-10-31)21(32)20(13-17)30-28-18-9-8-16(24(25,26)27)12-19(18)29-30/h8-9,11-13,31-32H,6-7,10,14H2,1-5H3. The van der Waals surface area contributed by atoms with E-state index in [2.05, 4.69) is 44.8 Å². The summed E-state index contributed by atoms with van der Waals surface area (Å²) in [5, 5.41) is 28.8. The number of fused-ring (bicyclic) bond motifs is 1. The summed E-state index contributed by atoms with van der Waals surface area (Å²) in [5.74, 6) is -0.0369. The maximum Gasteiger partial charge on any atom is 0.416 e. The predicted molar refractivity (Wildman–Crippen MR) is 118 cm³/mol. The molecule has 8 heteroatoms. The average Bonchev–Trinajstić information content (AvgIpc) is 3.07. The lowest BCUT2D eigenvalue weighted by molar-refractivity contribution is -0.137. The fourth-order valence-electron chi connectivity index (χ4n) is 4.31. The molecule has 174 valence electrons. The molecular weight excluding hydrogens is 419 g/mol. The summed E-state index contributed by atoms with van der Waals surface area (Å²) in [4.78, 5) is 1.19. The average molecular weight is 450 g/mol. The highest BCUT2D eigenvalue weighted by Gasteiger charge is 2.32.